The highest BCUT2D eigenvalue weighted by Gasteiger charge is 2.43. The second-order valence-electron chi connectivity index (χ2n) is 9.09. The number of carbonyl (C=O) groups excluding carboxylic acids is 2. The summed E-state index contributed by atoms with van der Waals surface area (Å²) in [4.78, 5) is 35.2. The third kappa shape index (κ3) is 4.02. The number of benzene rings is 2. The number of imide groups is 1. The summed E-state index contributed by atoms with van der Waals surface area (Å²) in [5, 5.41) is 0. The molecule has 6 heteroatoms. The van der Waals surface area contributed by atoms with Gasteiger partial charge in [0.25, 0.3) is 11.8 Å². The second-order valence-corrected chi connectivity index (χ2v) is 9.09. The van der Waals surface area contributed by atoms with Crippen molar-refractivity contribution in [3.8, 4) is 0 Å². The molecule has 4 rings (SSSR count). The molecule has 0 radical (unpaired) electrons. The van der Waals surface area contributed by atoms with E-state index in [1.807, 2.05) is 81.5 Å². The molecule has 1 saturated heterocycles. The zero-order chi connectivity index (χ0) is 23.0. The van der Waals surface area contributed by atoms with Crippen molar-refractivity contribution in [3.63, 3.8) is 0 Å². The van der Waals surface area contributed by atoms with Gasteiger partial charge in [0.2, 0.25) is 0 Å². The zero-order valence-electron chi connectivity index (χ0n) is 19.6. The topological polar surface area (TPSA) is 47.1 Å². The van der Waals surface area contributed by atoms with Crippen molar-refractivity contribution >= 4 is 28.8 Å². The lowest BCUT2D eigenvalue weighted by atomic mass is 9.99. The molecule has 2 aliphatic heterocycles. The van der Waals surface area contributed by atoms with Crippen molar-refractivity contribution in [2.75, 3.05) is 51.1 Å². The first-order valence-corrected chi connectivity index (χ1v) is 11.2. The van der Waals surface area contributed by atoms with Crippen LogP contribution in [0.1, 0.15) is 24.0 Å². The van der Waals surface area contributed by atoms with Gasteiger partial charge >= 0.3 is 0 Å². The standard InChI is InChI=1S/C26H32N4O2/c1-18-9-11-19(12-10-18)23-24(29(5)20-13-15-28(4)16-14-20)26(32)30(25(23)31)22-8-6-7-21(17-22)27(2)3/h6-12,17,20H,13-16H2,1-5H3. The van der Waals surface area contributed by atoms with E-state index in [1.54, 1.807) is 0 Å². The van der Waals surface area contributed by atoms with Crippen molar-refractivity contribution in [3.05, 3.63) is 65.4 Å². The van der Waals surface area contributed by atoms with E-state index in [1.165, 1.54) is 4.90 Å². The van der Waals surface area contributed by atoms with Crippen LogP contribution in [0.25, 0.3) is 5.57 Å². The normalized spacial score (nSPS) is 18.0. The molecule has 32 heavy (non-hydrogen) atoms. The van der Waals surface area contributed by atoms with Gasteiger partial charge in [-0.2, -0.15) is 0 Å². The van der Waals surface area contributed by atoms with Crippen molar-refractivity contribution in [2.24, 2.45) is 0 Å². The number of carbonyl (C=O) groups is 2. The van der Waals surface area contributed by atoms with Crippen LogP contribution in [0.5, 0.6) is 0 Å². The Morgan fingerprint density at radius 2 is 1.56 bits per heavy atom. The van der Waals surface area contributed by atoms with Gasteiger partial charge in [0.1, 0.15) is 5.70 Å². The molecule has 168 valence electrons. The Labute approximate surface area is 190 Å². The van der Waals surface area contributed by atoms with Crippen molar-refractivity contribution < 1.29 is 9.59 Å². The van der Waals surface area contributed by atoms with Gasteiger partial charge in [-0.15, -0.1) is 0 Å². The van der Waals surface area contributed by atoms with Crippen LogP contribution in [-0.4, -0.2) is 68.9 Å². The Balaban J connectivity index is 1.78. The quantitative estimate of drug-likeness (QED) is 0.678. The van der Waals surface area contributed by atoms with Gasteiger partial charge in [-0.25, -0.2) is 4.90 Å². The van der Waals surface area contributed by atoms with Crippen molar-refractivity contribution in [1.82, 2.24) is 9.80 Å². The van der Waals surface area contributed by atoms with Gasteiger partial charge < -0.3 is 14.7 Å². The molecular weight excluding hydrogens is 400 g/mol. The monoisotopic (exact) mass is 432 g/mol. The van der Waals surface area contributed by atoms with Gasteiger partial charge in [0, 0.05) is 32.9 Å². The van der Waals surface area contributed by atoms with E-state index in [0.717, 1.165) is 42.7 Å². The first kappa shape index (κ1) is 22.1. The molecule has 0 atom stereocenters. The number of rotatable bonds is 5. The number of anilines is 2. The fourth-order valence-corrected chi connectivity index (χ4v) is 4.54. The third-order valence-corrected chi connectivity index (χ3v) is 6.59. The Bertz CT molecular complexity index is 1050. The molecule has 6 nitrogen and oxygen atoms in total. The van der Waals surface area contributed by atoms with Crippen LogP contribution in [0.3, 0.4) is 0 Å². The maximum Gasteiger partial charge on any atom is 0.282 e. The summed E-state index contributed by atoms with van der Waals surface area (Å²) in [6, 6.07) is 15.7. The summed E-state index contributed by atoms with van der Waals surface area (Å²) < 4.78 is 0. The molecule has 0 aliphatic carbocycles. The number of hydrogen-bond acceptors (Lipinski definition) is 5. The maximum absolute atomic E-state index is 13.8. The molecule has 2 heterocycles. The number of nitrogens with zero attached hydrogens (tertiary/aromatic N) is 4. The Kier molecular flexibility index (Phi) is 6.07. The highest BCUT2D eigenvalue weighted by Crippen LogP contribution is 2.37. The zero-order valence-corrected chi connectivity index (χ0v) is 19.6. The van der Waals surface area contributed by atoms with Crippen LogP contribution in [0.15, 0.2) is 54.2 Å². The summed E-state index contributed by atoms with van der Waals surface area (Å²) in [6.07, 6.45) is 1.94. The molecule has 0 bridgehead atoms. The van der Waals surface area contributed by atoms with E-state index >= 15 is 0 Å². The number of hydrogen-bond donors (Lipinski definition) is 0. The lowest BCUT2D eigenvalue weighted by Crippen LogP contribution is -2.43. The Morgan fingerprint density at radius 3 is 2.19 bits per heavy atom. The predicted molar refractivity (Wildman–Crippen MR) is 130 cm³/mol. The molecule has 0 saturated carbocycles. The van der Waals surface area contributed by atoms with Gasteiger partial charge in [0.05, 0.1) is 11.3 Å². The average Bonchev–Trinajstić information content (AvgIpc) is 3.04. The molecule has 0 unspecified atom stereocenters. The first-order valence-electron chi connectivity index (χ1n) is 11.2. The lowest BCUT2D eigenvalue weighted by Gasteiger charge is -2.36. The molecule has 2 aliphatic rings. The lowest BCUT2D eigenvalue weighted by molar-refractivity contribution is -0.120. The molecule has 0 N–H and O–H groups in total. The van der Waals surface area contributed by atoms with E-state index < -0.39 is 0 Å². The van der Waals surface area contributed by atoms with Crippen molar-refractivity contribution in [1.29, 1.82) is 0 Å². The third-order valence-electron chi connectivity index (χ3n) is 6.59. The van der Waals surface area contributed by atoms with E-state index in [9.17, 15) is 9.59 Å². The van der Waals surface area contributed by atoms with Gasteiger partial charge in [-0.1, -0.05) is 35.9 Å². The number of likely N-dealkylation sites (N-methyl/N-ethyl adjacent to an activating group) is 1. The molecule has 1 fully saturated rings. The molecular formula is C26H32N4O2. The number of amides is 2. The summed E-state index contributed by atoms with van der Waals surface area (Å²) >= 11 is 0. The Hall–Kier alpha value is -3.12. The summed E-state index contributed by atoms with van der Waals surface area (Å²) in [7, 11) is 7.98. The summed E-state index contributed by atoms with van der Waals surface area (Å²) in [5.74, 6) is -0.507. The van der Waals surface area contributed by atoms with Crippen LogP contribution >= 0.6 is 0 Å². The molecule has 0 aromatic heterocycles. The largest absolute Gasteiger partial charge is 0.378 e. The smallest absolute Gasteiger partial charge is 0.282 e. The van der Waals surface area contributed by atoms with E-state index in [4.69, 9.17) is 0 Å². The van der Waals surface area contributed by atoms with Crippen LogP contribution in [0.4, 0.5) is 11.4 Å². The molecule has 2 amide bonds. The molecule has 2 aromatic carbocycles. The Morgan fingerprint density at radius 1 is 0.906 bits per heavy atom. The number of likely N-dealkylation sites (tertiary alicyclic amines) is 1. The van der Waals surface area contributed by atoms with Crippen LogP contribution in [-0.2, 0) is 9.59 Å². The highest BCUT2D eigenvalue weighted by molar-refractivity contribution is 6.45. The second kappa shape index (κ2) is 8.79. The fraction of sp³-hybridized carbons (Fsp3) is 0.385. The van der Waals surface area contributed by atoms with Crippen molar-refractivity contribution in [2.45, 2.75) is 25.8 Å². The first-order chi connectivity index (χ1) is 15.3. The van der Waals surface area contributed by atoms with E-state index in [0.29, 0.717) is 17.0 Å². The molecule has 0 spiro atoms. The van der Waals surface area contributed by atoms with Gasteiger partial charge in [-0.05, 0) is 63.7 Å². The van der Waals surface area contributed by atoms with Gasteiger partial charge in [-0.3, -0.25) is 9.59 Å². The van der Waals surface area contributed by atoms with Crippen LogP contribution in [0.2, 0.25) is 0 Å². The van der Waals surface area contributed by atoms with Crippen LogP contribution < -0.4 is 9.80 Å². The fourth-order valence-electron chi connectivity index (χ4n) is 4.54. The van der Waals surface area contributed by atoms with Crippen LogP contribution in [0, 0.1) is 6.92 Å². The van der Waals surface area contributed by atoms with Gasteiger partial charge in [0.15, 0.2) is 0 Å². The molecule has 2 aromatic rings. The predicted octanol–water partition coefficient (Wildman–Crippen LogP) is 3.37. The number of aryl methyl sites for hydroxylation is 1. The average molecular weight is 433 g/mol. The highest BCUT2D eigenvalue weighted by atomic mass is 16.2. The number of piperidine rings is 1. The summed E-state index contributed by atoms with van der Waals surface area (Å²) in [6.45, 7) is 3.99. The van der Waals surface area contributed by atoms with E-state index in [-0.39, 0.29) is 17.9 Å². The minimum atomic E-state index is -0.260. The maximum atomic E-state index is 13.8. The SMILES string of the molecule is Cc1ccc(C2=C(N(C)C3CCN(C)CC3)C(=O)N(c3cccc(N(C)C)c3)C2=O)cc1. The summed E-state index contributed by atoms with van der Waals surface area (Å²) in [5.41, 5.74) is 4.44. The minimum Gasteiger partial charge on any atom is -0.378 e. The van der Waals surface area contributed by atoms with E-state index in [2.05, 4.69) is 16.8 Å². The minimum absolute atomic E-state index is 0.228.